The average molecular weight is 530 g/mol. The molecule has 1 saturated heterocycles. The molecule has 10 heteroatoms. The summed E-state index contributed by atoms with van der Waals surface area (Å²) >= 11 is 0. The number of fused-ring (bicyclic) bond motifs is 1. The molecule has 1 aliphatic heterocycles. The van der Waals surface area contributed by atoms with E-state index >= 15 is 0 Å². The molecule has 2 aromatic carbocycles. The first kappa shape index (κ1) is 26.3. The summed E-state index contributed by atoms with van der Waals surface area (Å²) in [6, 6.07) is 6.02. The van der Waals surface area contributed by atoms with E-state index in [9.17, 15) is 13.2 Å². The zero-order chi connectivity index (χ0) is 27.4. The van der Waals surface area contributed by atoms with Gasteiger partial charge >= 0.3 is 6.18 Å². The van der Waals surface area contributed by atoms with Gasteiger partial charge in [-0.2, -0.15) is 13.2 Å². The van der Waals surface area contributed by atoms with Crippen LogP contribution in [-0.4, -0.2) is 47.2 Å². The number of ether oxygens (including phenoxy) is 2. The van der Waals surface area contributed by atoms with Crippen molar-refractivity contribution < 1.29 is 22.6 Å². The van der Waals surface area contributed by atoms with Crippen molar-refractivity contribution in [2.45, 2.75) is 70.3 Å². The quantitative estimate of drug-likeness (QED) is 0.361. The first-order valence-corrected chi connectivity index (χ1v) is 12.9. The maximum atomic E-state index is 13.6. The number of likely N-dealkylation sites (N-methyl/N-ethyl adjacent to an activating group) is 1. The predicted molar refractivity (Wildman–Crippen MR) is 142 cm³/mol. The van der Waals surface area contributed by atoms with Gasteiger partial charge in [-0.1, -0.05) is 0 Å². The summed E-state index contributed by atoms with van der Waals surface area (Å²) in [5.41, 5.74) is 6.75. The van der Waals surface area contributed by atoms with Gasteiger partial charge in [0, 0.05) is 28.7 Å². The molecule has 204 valence electrons. The normalized spacial score (nSPS) is 19.6. The molecule has 2 atom stereocenters. The van der Waals surface area contributed by atoms with Crippen LogP contribution < -0.4 is 20.5 Å². The van der Waals surface area contributed by atoms with Crippen LogP contribution in [0.25, 0.3) is 10.9 Å². The summed E-state index contributed by atoms with van der Waals surface area (Å²) in [7, 11) is 3.76. The molecule has 0 radical (unpaired) electrons. The predicted octanol–water partition coefficient (Wildman–Crippen LogP) is 6.03. The Hall–Kier alpha value is -3.27. The van der Waals surface area contributed by atoms with E-state index in [-0.39, 0.29) is 11.3 Å². The number of rotatable bonds is 7. The molecule has 1 saturated carbocycles. The number of benzene rings is 2. The molecule has 3 aromatic rings. The Morgan fingerprint density at radius 3 is 2.50 bits per heavy atom. The van der Waals surface area contributed by atoms with E-state index in [1.807, 2.05) is 12.1 Å². The first-order chi connectivity index (χ1) is 17.9. The summed E-state index contributed by atoms with van der Waals surface area (Å²) in [6.45, 7) is 5.55. The van der Waals surface area contributed by atoms with Crippen molar-refractivity contribution in [3.8, 4) is 11.5 Å². The number of likely N-dealkylation sites (tertiary alicyclic amines) is 1. The first-order valence-electron chi connectivity index (χ1n) is 12.9. The smallest absolute Gasteiger partial charge is 0.416 e. The van der Waals surface area contributed by atoms with Gasteiger partial charge in [0.15, 0.2) is 11.5 Å². The minimum absolute atomic E-state index is 0.0561. The number of nitrogens with zero attached hydrogens (tertiary/aromatic N) is 3. The Bertz CT molecular complexity index is 1370. The third-order valence-corrected chi connectivity index (χ3v) is 8.19. The standard InChI is InChI=1S/C28H34F3N5O2/c1-15-20(10-18(32)11-22(15)28(29,30)31)16(2)33-26-21-12-25(24(37-5)13-23(21)34-17(3)35-26)38-14-19-6-7-27(8-9-27)36(19)4/h10-13,16,19H,6-9,14,32H2,1-5H3,(H,33,34,35)/t16-,19+/m1/s1. The fourth-order valence-electron chi connectivity index (χ4n) is 5.74. The average Bonchev–Trinajstić information content (AvgIpc) is 3.58. The Morgan fingerprint density at radius 2 is 1.87 bits per heavy atom. The van der Waals surface area contributed by atoms with E-state index in [4.69, 9.17) is 15.2 Å². The van der Waals surface area contributed by atoms with Gasteiger partial charge in [0.25, 0.3) is 0 Å². The van der Waals surface area contributed by atoms with E-state index < -0.39 is 17.8 Å². The maximum absolute atomic E-state index is 13.6. The molecule has 1 aliphatic carbocycles. The number of methoxy groups -OCH3 is 1. The minimum Gasteiger partial charge on any atom is -0.493 e. The summed E-state index contributed by atoms with van der Waals surface area (Å²) in [5.74, 6) is 2.16. The van der Waals surface area contributed by atoms with Crippen molar-refractivity contribution in [2.24, 2.45) is 0 Å². The van der Waals surface area contributed by atoms with Crippen molar-refractivity contribution in [1.82, 2.24) is 14.9 Å². The summed E-state index contributed by atoms with van der Waals surface area (Å²) in [4.78, 5) is 11.6. The van der Waals surface area contributed by atoms with Gasteiger partial charge in [-0.25, -0.2) is 9.97 Å². The largest absolute Gasteiger partial charge is 0.493 e. The number of halogens is 3. The van der Waals surface area contributed by atoms with Crippen LogP contribution in [0.1, 0.15) is 61.2 Å². The molecular formula is C28H34F3N5O2. The van der Waals surface area contributed by atoms with Gasteiger partial charge in [-0.05, 0) is 82.8 Å². The molecule has 1 spiro atoms. The molecule has 38 heavy (non-hydrogen) atoms. The monoisotopic (exact) mass is 529 g/mol. The number of alkyl halides is 3. The SMILES string of the molecule is COc1cc2nc(C)nc(N[C@H](C)c3cc(N)cc(C(F)(F)F)c3C)c2cc1OC[C@@H]1CCC2(CC2)N1C. The number of anilines is 2. The Kier molecular flexibility index (Phi) is 6.57. The molecule has 2 fully saturated rings. The van der Waals surface area contributed by atoms with Crippen LogP contribution >= 0.6 is 0 Å². The van der Waals surface area contributed by atoms with E-state index in [2.05, 4.69) is 27.2 Å². The van der Waals surface area contributed by atoms with Crippen molar-refractivity contribution >= 4 is 22.4 Å². The molecule has 0 bridgehead atoms. The van der Waals surface area contributed by atoms with Gasteiger partial charge in [0.1, 0.15) is 18.2 Å². The Labute approximate surface area is 220 Å². The van der Waals surface area contributed by atoms with Crippen LogP contribution in [0.4, 0.5) is 24.7 Å². The van der Waals surface area contributed by atoms with Crippen LogP contribution in [0, 0.1) is 13.8 Å². The van der Waals surface area contributed by atoms with Crippen molar-refractivity contribution in [2.75, 3.05) is 31.8 Å². The van der Waals surface area contributed by atoms with E-state index in [1.165, 1.54) is 26.2 Å². The molecule has 0 amide bonds. The third-order valence-electron chi connectivity index (χ3n) is 8.19. The number of hydrogen-bond acceptors (Lipinski definition) is 7. The summed E-state index contributed by atoms with van der Waals surface area (Å²) in [5, 5.41) is 3.99. The molecule has 5 rings (SSSR count). The Balaban J connectivity index is 1.46. The van der Waals surface area contributed by atoms with E-state index in [0.29, 0.717) is 57.8 Å². The van der Waals surface area contributed by atoms with Gasteiger partial charge in [0.05, 0.1) is 24.2 Å². The third kappa shape index (κ3) is 4.81. The molecule has 2 aliphatic rings. The molecule has 2 heterocycles. The molecule has 3 N–H and O–H groups in total. The number of nitrogens with one attached hydrogen (secondary N) is 1. The lowest BCUT2D eigenvalue weighted by molar-refractivity contribution is -0.138. The lowest BCUT2D eigenvalue weighted by atomic mass is 9.96. The molecule has 0 unspecified atom stereocenters. The molecule has 7 nitrogen and oxygen atoms in total. The number of aromatic nitrogens is 2. The van der Waals surface area contributed by atoms with Gasteiger partial charge in [-0.15, -0.1) is 0 Å². The second-order valence-corrected chi connectivity index (χ2v) is 10.6. The van der Waals surface area contributed by atoms with Gasteiger partial charge in [-0.3, -0.25) is 4.90 Å². The number of nitrogen functional groups attached to an aromatic ring is 1. The summed E-state index contributed by atoms with van der Waals surface area (Å²) < 4.78 is 52.7. The fourth-order valence-corrected chi connectivity index (χ4v) is 5.74. The lowest BCUT2D eigenvalue weighted by Crippen LogP contribution is -2.37. The molecule has 1 aromatic heterocycles. The number of hydrogen-bond donors (Lipinski definition) is 2. The van der Waals surface area contributed by atoms with Crippen LogP contribution in [0.15, 0.2) is 24.3 Å². The minimum atomic E-state index is -4.50. The van der Waals surface area contributed by atoms with Crippen LogP contribution in [0.2, 0.25) is 0 Å². The van der Waals surface area contributed by atoms with Gasteiger partial charge in [0.2, 0.25) is 0 Å². The number of aryl methyl sites for hydroxylation is 1. The van der Waals surface area contributed by atoms with Crippen LogP contribution in [0.3, 0.4) is 0 Å². The number of nitrogens with two attached hydrogens (primary N) is 1. The molecular weight excluding hydrogens is 495 g/mol. The lowest BCUT2D eigenvalue weighted by Gasteiger charge is -2.26. The zero-order valence-corrected chi connectivity index (χ0v) is 22.4. The maximum Gasteiger partial charge on any atom is 0.416 e. The fraction of sp³-hybridized carbons (Fsp3) is 0.500. The van der Waals surface area contributed by atoms with Crippen molar-refractivity contribution in [3.63, 3.8) is 0 Å². The highest BCUT2D eigenvalue weighted by Crippen LogP contribution is 2.51. The van der Waals surface area contributed by atoms with Crippen molar-refractivity contribution in [1.29, 1.82) is 0 Å². The Morgan fingerprint density at radius 1 is 1.13 bits per heavy atom. The zero-order valence-electron chi connectivity index (χ0n) is 22.4. The highest BCUT2D eigenvalue weighted by molar-refractivity contribution is 5.92. The van der Waals surface area contributed by atoms with E-state index in [1.54, 1.807) is 27.0 Å². The second kappa shape index (κ2) is 9.48. The second-order valence-electron chi connectivity index (χ2n) is 10.6. The summed E-state index contributed by atoms with van der Waals surface area (Å²) in [6.07, 6.45) is 0.297. The van der Waals surface area contributed by atoms with E-state index in [0.717, 1.165) is 12.5 Å². The van der Waals surface area contributed by atoms with Crippen LogP contribution in [-0.2, 0) is 6.18 Å². The highest BCUT2D eigenvalue weighted by Gasteiger charge is 2.52. The topological polar surface area (TPSA) is 85.5 Å². The van der Waals surface area contributed by atoms with Gasteiger partial charge < -0.3 is 20.5 Å². The van der Waals surface area contributed by atoms with Crippen LogP contribution in [0.5, 0.6) is 11.5 Å². The highest BCUT2D eigenvalue weighted by atomic mass is 19.4. The van der Waals surface area contributed by atoms with Crippen molar-refractivity contribution in [3.05, 3.63) is 46.8 Å².